The van der Waals surface area contributed by atoms with E-state index in [1.54, 1.807) is 0 Å². The van der Waals surface area contributed by atoms with Gasteiger partial charge in [0.05, 0.1) is 5.56 Å². The third kappa shape index (κ3) is 6.00. The first-order valence-corrected chi connectivity index (χ1v) is 6.79. The van der Waals surface area contributed by atoms with Crippen molar-refractivity contribution in [3.05, 3.63) is 60.2 Å². The summed E-state index contributed by atoms with van der Waals surface area (Å²) in [4.78, 5) is 0. The maximum Gasteiger partial charge on any atom is 0.416 e. The van der Waals surface area contributed by atoms with Crippen molar-refractivity contribution in [1.29, 1.82) is 0 Å². The van der Waals surface area contributed by atoms with Gasteiger partial charge in [0.25, 0.3) is 0 Å². The molecule has 0 heterocycles. The van der Waals surface area contributed by atoms with Crippen molar-refractivity contribution in [3.63, 3.8) is 0 Å². The normalized spacial score (nSPS) is 10.7. The van der Waals surface area contributed by atoms with Crippen LogP contribution in [0, 0.1) is 0 Å². The van der Waals surface area contributed by atoms with Crippen LogP contribution in [0.15, 0.2) is 54.6 Å². The van der Waals surface area contributed by atoms with Gasteiger partial charge >= 0.3 is 6.18 Å². The van der Waals surface area contributed by atoms with Gasteiger partial charge in [0.15, 0.2) is 0 Å². The van der Waals surface area contributed by atoms with Crippen LogP contribution >= 0.6 is 0 Å². The molecule has 2 aromatic carbocycles. The average Bonchev–Trinajstić information content (AvgIpc) is 2.49. The van der Waals surface area contributed by atoms with E-state index in [9.17, 15) is 13.2 Å². The van der Waals surface area contributed by atoms with Gasteiger partial charge in [-0.2, -0.15) is 13.2 Å². The van der Waals surface area contributed by atoms with E-state index in [1.165, 1.54) is 12.1 Å². The molecule has 0 saturated heterocycles. The fraction of sp³-hybridized carbons (Fsp3) is 0.294. The van der Waals surface area contributed by atoms with Crippen molar-refractivity contribution in [2.45, 2.75) is 20.0 Å². The Morgan fingerprint density at radius 2 is 1.24 bits per heavy atom. The second-order valence-electron chi connectivity index (χ2n) is 4.22. The summed E-state index contributed by atoms with van der Waals surface area (Å²) in [7, 11) is 0. The van der Waals surface area contributed by atoms with Gasteiger partial charge in [-0.3, -0.25) is 0 Å². The van der Waals surface area contributed by atoms with E-state index in [0.29, 0.717) is 0 Å². The molecule has 0 amide bonds. The van der Waals surface area contributed by atoms with Crippen LogP contribution in [-0.2, 0) is 10.9 Å². The van der Waals surface area contributed by atoms with Crippen molar-refractivity contribution in [3.8, 4) is 11.1 Å². The Kier molecular flexibility index (Phi) is 6.96. The van der Waals surface area contributed by atoms with E-state index in [0.717, 1.165) is 36.5 Å². The minimum absolute atomic E-state index is 0.618. The first kappa shape index (κ1) is 17.2. The zero-order chi connectivity index (χ0) is 15.7. The number of benzene rings is 2. The second-order valence-corrected chi connectivity index (χ2v) is 4.22. The minimum Gasteiger partial charge on any atom is -0.382 e. The highest BCUT2D eigenvalue weighted by molar-refractivity contribution is 5.63. The summed E-state index contributed by atoms with van der Waals surface area (Å²) in [6, 6.07) is 14.5. The lowest BCUT2D eigenvalue weighted by molar-refractivity contribution is -0.137. The summed E-state index contributed by atoms with van der Waals surface area (Å²) in [5, 5.41) is 0. The molecular formula is C17H19F3O. The third-order valence-electron chi connectivity index (χ3n) is 2.73. The largest absolute Gasteiger partial charge is 0.416 e. The summed E-state index contributed by atoms with van der Waals surface area (Å²) in [6.45, 7) is 5.67. The minimum atomic E-state index is -4.27. The number of halogens is 3. The maximum absolute atomic E-state index is 12.3. The molecule has 4 heteroatoms. The van der Waals surface area contributed by atoms with Crippen LogP contribution in [0.4, 0.5) is 13.2 Å². The van der Waals surface area contributed by atoms with Gasteiger partial charge in [0.1, 0.15) is 0 Å². The first-order chi connectivity index (χ1) is 9.99. The lowest BCUT2D eigenvalue weighted by Gasteiger charge is -2.07. The molecule has 0 aliphatic heterocycles. The number of alkyl halides is 3. The van der Waals surface area contributed by atoms with Crippen LogP contribution in [0.25, 0.3) is 11.1 Å². The van der Waals surface area contributed by atoms with Gasteiger partial charge in [0.2, 0.25) is 0 Å². The lowest BCUT2D eigenvalue weighted by Crippen LogP contribution is -2.03. The van der Waals surface area contributed by atoms with Crippen molar-refractivity contribution in [1.82, 2.24) is 0 Å². The summed E-state index contributed by atoms with van der Waals surface area (Å²) < 4.78 is 41.8. The van der Waals surface area contributed by atoms with E-state index in [-0.39, 0.29) is 0 Å². The molecule has 0 aliphatic carbocycles. The zero-order valence-corrected chi connectivity index (χ0v) is 12.2. The van der Waals surface area contributed by atoms with Crippen LogP contribution in [0.2, 0.25) is 0 Å². The smallest absolute Gasteiger partial charge is 0.382 e. The molecule has 2 rings (SSSR count). The second kappa shape index (κ2) is 8.47. The van der Waals surface area contributed by atoms with E-state index >= 15 is 0 Å². The van der Waals surface area contributed by atoms with E-state index in [1.807, 2.05) is 44.2 Å². The van der Waals surface area contributed by atoms with E-state index < -0.39 is 11.7 Å². The Bertz CT molecular complexity index is 502. The van der Waals surface area contributed by atoms with Crippen molar-refractivity contribution < 1.29 is 17.9 Å². The first-order valence-electron chi connectivity index (χ1n) is 6.79. The number of ether oxygens (including phenoxy) is 1. The molecule has 0 aliphatic rings. The average molecular weight is 296 g/mol. The van der Waals surface area contributed by atoms with Crippen molar-refractivity contribution in [2.75, 3.05) is 13.2 Å². The van der Waals surface area contributed by atoms with Crippen LogP contribution in [0.3, 0.4) is 0 Å². The Hall–Kier alpha value is -1.81. The molecule has 0 unspecified atom stereocenters. The molecule has 0 fully saturated rings. The zero-order valence-electron chi connectivity index (χ0n) is 12.2. The fourth-order valence-electron chi connectivity index (χ4n) is 1.69. The highest BCUT2D eigenvalue weighted by Crippen LogP contribution is 2.30. The van der Waals surface area contributed by atoms with Gasteiger partial charge < -0.3 is 4.74 Å². The molecule has 0 radical (unpaired) electrons. The Balaban J connectivity index is 0.000000383. The molecule has 0 N–H and O–H groups in total. The summed E-state index contributed by atoms with van der Waals surface area (Å²) >= 11 is 0. The fourth-order valence-corrected chi connectivity index (χ4v) is 1.69. The van der Waals surface area contributed by atoms with Crippen LogP contribution in [-0.4, -0.2) is 13.2 Å². The maximum atomic E-state index is 12.3. The van der Waals surface area contributed by atoms with Crippen molar-refractivity contribution >= 4 is 0 Å². The summed E-state index contributed by atoms with van der Waals surface area (Å²) in [5.74, 6) is 0. The number of hydrogen-bond donors (Lipinski definition) is 0. The predicted octanol–water partition coefficient (Wildman–Crippen LogP) is 5.42. The van der Waals surface area contributed by atoms with Gasteiger partial charge in [-0.05, 0) is 37.1 Å². The Morgan fingerprint density at radius 1 is 0.762 bits per heavy atom. The Labute approximate surface area is 123 Å². The molecule has 2 aromatic rings. The number of rotatable bonds is 3. The Morgan fingerprint density at radius 3 is 1.62 bits per heavy atom. The van der Waals surface area contributed by atoms with E-state index in [2.05, 4.69) is 0 Å². The van der Waals surface area contributed by atoms with E-state index in [4.69, 9.17) is 4.74 Å². The summed E-state index contributed by atoms with van der Waals surface area (Å²) in [6.07, 6.45) is -4.27. The molecule has 0 aromatic heterocycles. The van der Waals surface area contributed by atoms with Gasteiger partial charge in [-0.1, -0.05) is 42.5 Å². The van der Waals surface area contributed by atoms with Gasteiger partial charge in [0, 0.05) is 13.2 Å². The molecule has 21 heavy (non-hydrogen) atoms. The molecule has 1 nitrogen and oxygen atoms in total. The molecule has 114 valence electrons. The third-order valence-corrected chi connectivity index (χ3v) is 2.73. The molecule has 0 saturated carbocycles. The molecule has 0 bridgehead atoms. The predicted molar refractivity (Wildman–Crippen MR) is 79.0 cm³/mol. The quantitative estimate of drug-likeness (QED) is 0.735. The molecule has 0 atom stereocenters. The highest BCUT2D eigenvalue weighted by atomic mass is 19.4. The van der Waals surface area contributed by atoms with Gasteiger partial charge in [-0.25, -0.2) is 0 Å². The van der Waals surface area contributed by atoms with Gasteiger partial charge in [-0.15, -0.1) is 0 Å². The summed E-state index contributed by atoms with van der Waals surface area (Å²) in [5.41, 5.74) is 1.08. The standard InChI is InChI=1S/C13H9F3.C4H10O/c14-13(15,16)12-8-6-11(7-9-12)10-4-2-1-3-5-10;1-3-5-4-2/h1-9H;3-4H2,1-2H3. The van der Waals surface area contributed by atoms with Crippen LogP contribution in [0.1, 0.15) is 19.4 Å². The highest BCUT2D eigenvalue weighted by Gasteiger charge is 2.29. The lowest BCUT2D eigenvalue weighted by atomic mass is 10.0. The number of hydrogen-bond acceptors (Lipinski definition) is 1. The monoisotopic (exact) mass is 296 g/mol. The van der Waals surface area contributed by atoms with Crippen LogP contribution < -0.4 is 0 Å². The molecule has 0 spiro atoms. The SMILES string of the molecule is CCOCC.FC(F)(F)c1ccc(-c2ccccc2)cc1. The molecular weight excluding hydrogens is 277 g/mol. The topological polar surface area (TPSA) is 9.23 Å². The van der Waals surface area contributed by atoms with Crippen molar-refractivity contribution in [2.24, 2.45) is 0 Å². The van der Waals surface area contributed by atoms with Crippen LogP contribution in [0.5, 0.6) is 0 Å².